The van der Waals surface area contributed by atoms with Crippen LogP contribution in [0.3, 0.4) is 0 Å². The smallest absolute Gasteiger partial charge is 0.328 e. The highest BCUT2D eigenvalue weighted by molar-refractivity contribution is 7.51. The van der Waals surface area contributed by atoms with Crippen LogP contribution in [-0.2, 0) is 9.36 Å². The van der Waals surface area contributed by atoms with Crippen LogP contribution in [0, 0.1) is 0 Å². The Morgan fingerprint density at radius 3 is 2.11 bits per heavy atom. The molecule has 0 heterocycles. The molecule has 0 saturated heterocycles. The van der Waals surface area contributed by atoms with Crippen LogP contribution in [0.25, 0.3) is 0 Å². The molecule has 5 nitrogen and oxygen atoms in total. The van der Waals surface area contributed by atoms with E-state index in [2.05, 4.69) is 0 Å². The van der Waals surface area contributed by atoms with Crippen LogP contribution in [0.5, 0.6) is 0 Å². The Balaban J connectivity index is 3.74. The van der Waals surface area contributed by atoms with Crippen molar-refractivity contribution in [2.45, 2.75) is 6.10 Å². The summed E-state index contributed by atoms with van der Waals surface area (Å²) < 4.78 is 9.96. The van der Waals surface area contributed by atoms with E-state index in [9.17, 15) is 9.36 Å². The lowest BCUT2D eigenvalue weighted by Gasteiger charge is -2.02. The zero-order chi connectivity index (χ0) is 7.49. The first-order valence-electron chi connectivity index (χ1n) is 2.06. The number of rotatable bonds is 3. The van der Waals surface area contributed by atoms with Gasteiger partial charge in [0.15, 0.2) is 0 Å². The third kappa shape index (κ3) is 5.65. The van der Waals surface area contributed by atoms with Crippen LogP contribution >= 0.6 is 7.60 Å². The second kappa shape index (κ2) is 3.08. The number of hydrogen-bond donors (Lipinski definition) is 3. The molecule has 0 amide bonds. The molecule has 0 aliphatic carbocycles. The van der Waals surface area contributed by atoms with Crippen molar-refractivity contribution in [1.29, 1.82) is 0 Å². The molecule has 3 N–H and O–H groups in total. The van der Waals surface area contributed by atoms with Crippen molar-refractivity contribution in [2.75, 3.05) is 6.16 Å². The Hall–Kier alpha value is -0.220. The lowest BCUT2D eigenvalue weighted by atomic mass is 10.5. The van der Waals surface area contributed by atoms with Crippen LogP contribution in [0.15, 0.2) is 0 Å². The number of carbonyl (C=O) groups excluding carboxylic acids is 1. The first-order valence-corrected chi connectivity index (χ1v) is 3.86. The van der Waals surface area contributed by atoms with E-state index in [4.69, 9.17) is 14.9 Å². The summed E-state index contributed by atoms with van der Waals surface area (Å²) in [4.78, 5) is 25.6. The van der Waals surface area contributed by atoms with E-state index in [-0.39, 0.29) is 0 Å². The van der Waals surface area contributed by atoms with Crippen LogP contribution in [0.4, 0.5) is 0 Å². The first kappa shape index (κ1) is 8.78. The molecule has 0 aliphatic rings. The van der Waals surface area contributed by atoms with Crippen molar-refractivity contribution in [3.63, 3.8) is 0 Å². The lowest BCUT2D eigenvalue weighted by Crippen LogP contribution is -2.13. The van der Waals surface area contributed by atoms with Gasteiger partial charge in [-0.15, -0.1) is 0 Å². The standard InChI is InChI=1S/C3H6O5P/c4-1-3(5)2-9(6,7)8/h3,5H,2H2,(H2,6,7,8). The molecular formula is C3H6O5P. The molecule has 1 radical (unpaired) electrons. The van der Waals surface area contributed by atoms with Gasteiger partial charge in [-0.2, -0.15) is 0 Å². The molecule has 6 heteroatoms. The van der Waals surface area contributed by atoms with Gasteiger partial charge >= 0.3 is 7.60 Å². The summed E-state index contributed by atoms with van der Waals surface area (Å²) in [5.41, 5.74) is 0. The third-order valence-electron chi connectivity index (χ3n) is 0.547. The second-order valence-electron chi connectivity index (χ2n) is 1.48. The maximum absolute atomic E-state index is 9.96. The average molecular weight is 153 g/mol. The predicted molar refractivity (Wildman–Crippen MR) is 28.6 cm³/mol. The molecule has 0 aromatic carbocycles. The quantitative estimate of drug-likeness (QED) is 0.435. The molecule has 0 fully saturated rings. The van der Waals surface area contributed by atoms with Gasteiger partial charge in [-0.25, -0.2) is 0 Å². The van der Waals surface area contributed by atoms with E-state index in [1.54, 1.807) is 0 Å². The van der Waals surface area contributed by atoms with E-state index in [1.165, 1.54) is 0 Å². The molecule has 1 atom stereocenters. The van der Waals surface area contributed by atoms with Crippen molar-refractivity contribution >= 4 is 13.9 Å². The summed E-state index contributed by atoms with van der Waals surface area (Å²) in [6.45, 7) is 0. The highest BCUT2D eigenvalue weighted by Crippen LogP contribution is 2.34. The first-order chi connectivity index (χ1) is 3.95. The Bertz CT molecular complexity index is 137. The van der Waals surface area contributed by atoms with Gasteiger partial charge in [0, 0.05) is 0 Å². The number of aliphatic hydroxyl groups is 1. The van der Waals surface area contributed by atoms with Crippen LogP contribution in [0.2, 0.25) is 0 Å². The van der Waals surface area contributed by atoms with Crippen molar-refractivity contribution in [1.82, 2.24) is 0 Å². The Kier molecular flexibility index (Phi) is 3.00. The summed E-state index contributed by atoms with van der Waals surface area (Å²) in [5.74, 6) is 0. The Morgan fingerprint density at radius 2 is 2.00 bits per heavy atom. The fourth-order valence-electron chi connectivity index (χ4n) is 0.263. The summed E-state index contributed by atoms with van der Waals surface area (Å²) in [6.07, 6.45) is -1.49. The van der Waals surface area contributed by atoms with Crippen LogP contribution < -0.4 is 0 Å². The van der Waals surface area contributed by atoms with E-state index in [0.717, 1.165) is 6.29 Å². The zero-order valence-corrected chi connectivity index (χ0v) is 5.28. The van der Waals surface area contributed by atoms with Crippen molar-refractivity contribution < 1.29 is 24.3 Å². The van der Waals surface area contributed by atoms with Crippen molar-refractivity contribution in [3.8, 4) is 0 Å². The monoisotopic (exact) mass is 153 g/mol. The molecule has 1 unspecified atom stereocenters. The zero-order valence-electron chi connectivity index (χ0n) is 4.39. The van der Waals surface area contributed by atoms with Gasteiger partial charge in [-0.05, 0) is 0 Å². The SMILES string of the molecule is O=[C]C(O)CP(=O)(O)O. The summed E-state index contributed by atoms with van der Waals surface area (Å²) in [7, 11) is -4.25. The molecule has 0 aromatic rings. The minimum atomic E-state index is -4.25. The van der Waals surface area contributed by atoms with Crippen LogP contribution in [-0.4, -0.2) is 33.4 Å². The topological polar surface area (TPSA) is 94.8 Å². The Morgan fingerprint density at radius 1 is 1.56 bits per heavy atom. The van der Waals surface area contributed by atoms with Crippen molar-refractivity contribution in [2.24, 2.45) is 0 Å². The molecule has 0 saturated carbocycles. The minimum absolute atomic E-state index is 0.851. The summed E-state index contributed by atoms with van der Waals surface area (Å²) in [5, 5.41) is 8.28. The average Bonchev–Trinajstić information content (AvgIpc) is 1.62. The molecule has 9 heavy (non-hydrogen) atoms. The number of hydrogen-bond acceptors (Lipinski definition) is 3. The van der Waals surface area contributed by atoms with E-state index in [1.807, 2.05) is 0 Å². The van der Waals surface area contributed by atoms with Gasteiger partial charge in [0.25, 0.3) is 0 Å². The maximum Gasteiger partial charge on any atom is 0.328 e. The molecule has 0 aliphatic heterocycles. The normalized spacial score (nSPS) is 15.0. The minimum Gasteiger partial charge on any atom is -0.384 e. The predicted octanol–water partition coefficient (Wildman–Crippen LogP) is -1.37. The molecular weight excluding hydrogens is 147 g/mol. The molecule has 0 spiro atoms. The molecule has 0 rings (SSSR count). The van der Waals surface area contributed by atoms with Gasteiger partial charge in [-0.1, -0.05) is 0 Å². The molecule has 0 bridgehead atoms. The fourth-order valence-corrected chi connectivity index (χ4v) is 0.788. The maximum atomic E-state index is 9.96. The van der Waals surface area contributed by atoms with Gasteiger partial charge in [0.2, 0.25) is 6.29 Å². The van der Waals surface area contributed by atoms with E-state index < -0.39 is 19.9 Å². The molecule has 53 valence electrons. The van der Waals surface area contributed by atoms with Crippen molar-refractivity contribution in [3.05, 3.63) is 0 Å². The summed E-state index contributed by atoms with van der Waals surface area (Å²) in [6, 6.07) is 0. The molecule has 0 aromatic heterocycles. The van der Waals surface area contributed by atoms with Gasteiger partial charge in [0.1, 0.15) is 6.10 Å². The Labute approximate surface area is 51.5 Å². The van der Waals surface area contributed by atoms with Gasteiger partial charge in [0.05, 0.1) is 6.16 Å². The fraction of sp³-hybridized carbons (Fsp3) is 0.667. The van der Waals surface area contributed by atoms with Gasteiger partial charge < -0.3 is 14.9 Å². The third-order valence-corrected chi connectivity index (χ3v) is 1.37. The second-order valence-corrected chi connectivity index (χ2v) is 3.18. The van der Waals surface area contributed by atoms with E-state index >= 15 is 0 Å². The summed E-state index contributed by atoms with van der Waals surface area (Å²) >= 11 is 0. The number of aliphatic hydroxyl groups excluding tert-OH is 1. The highest BCUT2D eigenvalue weighted by atomic mass is 31.2. The lowest BCUT2D eigenvalue weighted by molar-refractivity contribution is 0.244. The largest absolute Gasteiger partial charge is 0.384 e. The van der Waals surface area contributed by atoms with Crippen LogP contribution in [0.1, 0.15) is 0 Å². The highest BCUT2D eigenvalue weighted by Gasteiger charge is 2.18. The van der Waals surface area contributed by atoms with Gasteiger partial charge in [-0.3, -0.25) is 9.36 Å². The van der Waals surface area contributed by atoms with E-state index in [0.29, 0.717) is 0 Å².